The Morgan fingerprint density at radius 1 is 1.62 bits per heavy atom. The summed E-state index contributed by atoms with van der Waals surface area (Å²) >= 11 is 0. The highest BCUT2D eigenvalue weighted by Crippen LogP contribution is 2.24. The Morgan fingerprint density at radius 2 is 2.38 bits per heavy atom. The summed E-state index contributed by atoms with van der Waals surface area (Å²) in [6, 6.07) is 4.59. The Labute approximate surface area is 76.3 Å². The number of epoxide rings is 1. The first-order valence-electron chi connectivity index (χ1n) is 4.23. The minimum absolute atomic E-state index is 0.266. The van der Waals surface area contributed by atoms with Crippen LogP contribution in [0.3, 0.4) is 0 Å². The van der Waals surface area contributed by atoms with Gasteiger partial charge in [0, 0.05) is 12.5 Å². The second kappa shape index (κ2) is 3.34. The first-order valence-corrected chi connectivity index (χ1v) is 4.23. The fourth-order valence-corrected chi connectivity index (χ4v) is 1.32. The fourth-order valence-electron chi connectivity index (χ4n) is 1.32. The van der Waals surface area contributed by atoms with Crippen molar-refractivity contribution in [2.45, 2.75) is 12.5 Å². The molecule has 0 aromatic heterocycles. The van der Waals surface area contributed by atoms with Gasteiger partial charge in [0.25, 0.3) is 0 Å². The normalized spacial score (nSPS) is 20.0. The molecule has 3 heteroatoms. The zero-order chi connectivity index (χ0) is 9.26. The molecule has 0 N–H and O–H groups in total. The van der Waals surface area contributed by atoms with E-state index in [9.17, 15) is 4.39 Å². The van der Waals surface area contributed by atoms with Crippen molar-refractivity contribution >= 4 is 0 Å². The first kappa shape index (κ1) is 8.51. The maximum atomic E-state index is 12.8. The van der Waals surface area contributed by atoms with Gasteiger partial charge < -0.3 is 9.47 Å². The molecule has 0 bridgehead atoms. The molecule has 0 radical (unpaired) electrons. The number of hydrogen-bond acceptors (Lipinski definition) is 2. The van der Waals surface area contributed by atoms with Crippen molar-refractivity contribution in [1.82, 2.24) is 0 Å². The molecular weight excluding hydrogens is 171 g/mol. The van der Waals surface area contributed by atoms with Gasteiger partial charge in [-0.15, -0.1) is 0 Å². The lowest BCUT2D eigenvalue weighted by molar-refractivity contribution is 0.388. The van der Waals surface area contributed by atoms with Crippen molar-refractivity contribution in [3.63, 3.8) is 0 Å². The minimum Gasteiger partial charge on any atom is -0.496 e. The van der Waals surface area contributed by atoms with Gasteiger partial charge in [-0.3, -0.25) is 0 Å². The summed E-state index contributed by atoms with van der Waals surface area (Å²) in [5.41, 5.74) is 1.01. The third-order valence-corrected chi connectivity index (χ3v) is 2.10. The SMILES string of the molecule is COc1cc(F)ccc1CC1CO1. The molecule has 13 heavy (non-hydrogen) atoms. The maximum absolute atomic E-state index is 12.8. The van der Waals surface area contributed by atoms with E-state index in [1.54, 1.807) is 13.2 Å². The average Bonchev–Trinajstić information content (AvgIpc) is 2.92. The second-order valence-corrected chi connectivity index (χ2v) is 3.12. The van der Waals surface area contributed by atoms with Crippen LogP contribution in [0.5, 0.6) is 5.75 Å². The van der Waals surface area contributed by atoms with E-state index in [1.807, 2.05) is 0 Å². The second-order valence-electron chi connectivity index (χ2n) is 3.12. The molecule has 0 aliphatic carbocycles. The summed E-state index contributed by atoms with van der Waals surface area (Å²) in [4.78, 5) is 0. The number of ether oxygens (including phenoxy) is 2. The summed E-state index contributed by atoms with van der Waals surface area (Å²) in [5.74, 6) is 0.341. The molecule has 1 fully saturated rings. The molecule has 1 aromatic carbocycles. The summed E-state index contributed by atoms with van der Waals surface area (Å²) in [7, 11) is 1.55. The highest BCUT2D eigenvalue weighted by Gasteiger charge is 2.24. The first-order chi connectivity index (χ1) is 6.29. The molecule has 0 spiro atoms. The molecule has 1 saturated heterocycles. The van der Waals surface area contributed by atoms with E-state index in [1.165, 1.54) is 12.1 Å². The van der Waals surface area contributed by atoms with Gasteiger partial charge in [0.05, 0.1) is 19.8 Å². The lowest BCUT2D eigenvalue weighted by atomic mass is 10.1. The summed E-state index contributed by atoms with van der Waals surface area (Å²) in [5, 5.41) is 0. The van der Waals surface area contributed by atoms with E-state index in [2.05, 4.69) is 0 Å². The molecule has 1 atom stereocenters. The predicted octanol–water partition coefficient (Wildman–Crippen LogP) is 1.78. The van der Waals surface area contributed by atoms with Crippen molar-refractivity contribution in [1.29, 1.82) is 0 Å². The quantitative estimate of drug-likeness (QED) is 0.664. The van der Waals surface area contributed by atoms with Crippen LogP contribution in [0, 0.1) is 5.82 Å². The molecule has 1 aliphatic heterocycles. The van der Waals surface area contributed by atoms with Gasteiger partial charge in [-0.1, -0.05) is 6.07 Å². The molecule has 2 nitrogen and oxygen atoms in total. The van der Waals surface area contributed by atoms with Gasteiger partial charge in [-0.05, 0) is 11.6 Å². The van der Waals surface area contributed by atoms with Crippen LogP contribution in [0.1, 0.15) is 5.56 Å². The van der Waals surface area contributed by atoms with Crippen LogP contribution in [0.4, 0.5) is 4.39 Å². The van der Waals surface area contributed by atoms with Gasteiger partial charge in [0.15, 0.2) is 0 Å². The van der Waals surface area contributed by atoms with Crippen molar-refractivity contribution in [2.24, 2.45) is 0 Å². The molecule has 1 unspecified atom stereocenters. The third kappa shape index (κ3) is 1.98. The molecular formula is C10H11FO2. The van der Waals surface area contributed by atoms with E-state index < -0.39 is 0 Å². The third-order valence-electron chi connectivity index (χ3n) is 2.10. The number of hydrogen-bond donors (Lipinski definition) is 0. The Morgan fingerprint density at radius 3 is 3.00 bits per heavy atom. The van der Waals surface area contributed by atoms with Crippen LogP contribution in [-0.4, -0.2) is 19.8 Å². The van der Waals surface area contributed by atoms with Crippen LogP contribution in [0.2, 0.25) is 0 Å². The van der Waals surface area contributed by atoms with E-state index >= 15 is 0 Å². The number of halogens is 1. The van der Waals surface area contributed by atoms with Gasteiger partial charge in [-0.25, -0.2) is 4.39 Å². The van der Waals surface area contributed by atoms with Crippen LogP contribution >= 0.6 is 0 Å². The maximum Gasteiger partial charge on any atom is 0.126 e. The standard InChI is InChI=1S/C10H11FO2/c1-12-10-5-8(11)3-2-7(10)4-9-6-13-9/h2-3,5,9H,4,6H2,1H3. The Hall–Kier alpha value is -1.09. The zero-order valence-corrected chi connectivity index (χ0v) is 7.42. The smallest absolute Gasteiger partial charge is 0.126 e. The van der Waals surface area contributed by atoms with Crippen molar-refractivity contribution in [3.8, 4) is 5.75 Å². The van der Waals surface area contributed by atoms with Gasteiger partial charge in [0.2, 0.25) is 0 Å². The largest absolute Gasteiger partial charge is 0.496 e. The van der Waals surface area contributed by atoms with E-state index in [-0.39, 0.29) is 5.82 Å². The van der Waals surface area contributed by atoms with E-state index in [0.717, 1.165) is 18.6 Å². The van der Waals surface area contributed by atoms with Crippen LogP contribution in [0.15, 0.2) is 18.2 Å². The molecule has 0 amide bonds. The van der Waals surface area contributed by atoms with Crippen molar-refractivity contribution in [2.75, 3.05) is 13.7 Å². The number of rotatable bonds is 3. The fraction of sp³-hybridized carbons (Fsp3) is 0.400. The van der Waals surface area contributed by atoms with Crippen molar-refractivity contribution in [3.05, 3.63) is 29.6 Å². The van der Waals surface area contributed by atoms with Crippen molar-refractivity contribution < 1.29 is 13.9 Å². The predicted molar refractivity (Wildman–Crippen MR) is 46.4 cm³/mol. The Bertz CT molecular complexity index is 308. The van der Waals surface area contributed by atoms with Crippen LogP contribution in [-0.2, 0) is 11.2 Å². The highest BCUT2D eigenvalue weighted by molar-refractivity contribution is 5.34. The zero-order valence-electron chi connectivity index (χ0n) is 7.42. The molecule has 1 aliphatic rings. The lowest BCUT2D eigenvalue weighted by Crippen LogP contribution is -1.97. The van der Waals surface area contributed by atoms with Gasteiger partial charge in [0.1, 0.15) is 11.6 Å². The summed E-state index contributed by atoms with van der Waals surface area (Å²) in [6.07, 6.45) is 1.11. The monoisotopic (exact) mass is 182 g/mol. The summed E-state index contributed by atoms with van der Waals surface area (Å²) < 4.78 is 22.9. The Kier molecular flexibility index (Phi) is 2.19. The van der Waals surface area contributed by atoms with Crippen LogP contribution < -0.4 is 4.74 Å². The van der Waals surface area contributed by atoms with E-state index in [0.29, 0.717) is 11.9 Å². The highest BCUT2D eigenvalue weighted by atomic mass is 19.1. The number of benzene rings is 1. The molecule has 1 heterocycles. The summed E-state index contributed by atoms with van der Waals surface area (Å²) in [6.45, 7) is 0.806. The molecule has 1 aromatic rings. The van der Waals surface area contributed by atoms with E-state index in [4.69, 9.17) is 9.47 Å². The molecule has 0 saturated carbocycles. The van der Waals surface area contributed by atoms with Gasteiger partial charge >= 0.3 is 0 Å². The molecule has 2 rings (SSSR count). The number of methoxy groups -OCH3 is 1. The lowest BCUT2D eigenvalue weighted by Gasteiger charge is -2.06. The average molecular weight is 182 g/mol. The van der Waals surface area contributed by atoms with Gasteiger partial charge in [-0.2, -0.15) is 0 Å². The Balaban J connectivity index is 2.21. The minimum atomic E-state index is -0.266. The topological polar surface area (TPSA) is 21.8 Å². The molecule has 70 valence electrons. The van der Waals surface area contributed by atoms with Crippen LogP contribution in [0.25, 0.3) is 0 Å².